The average Bonchev–Trinajstić information content (AvgIpc) is 2.93. The molecule has 2 aliphatic rings. The lowest BCUT2D eigenvalue weighted by Gasteiger charge is -2.48. The van der Waals surface area contributed by atoms with Gasteiger partial charge in [-0.2, -0.15) is 0 Å². The van der Waals surface area contributed by atoms with Gasteiger partial charge in [0.2, 0.25) is 0 Å². The summed E-state index contributed by atoms with van der Waals surface area (Å²) in [6.45, 7) is 7.65. The van der Waals surface area contributed by atoms with E-state index in [1.807, 2.05) is 18.2 Å². The summed E-state index contributed by atoms with van der Waals surface area (Å²) in [6, 6.07) is 14.0. The van der Waals surface area contributed by atoms with Crippen molar-refractivity contribution in [1.82, 2.24) is 20.1 Å². The molecular weight excluding hydrogens is 489 g/mol. The second-order valence-electron chi connectivity index (χ2n) is 10.1. The second kappa shape index (κ2) is 11.3. The molecule has 0 spiro atoms. The average molecular weight is 524 g/mol. The molecule has 1 N–H and O–H groups in total. The van der Waals surface area contributed by atoms with Crippen LogP contribution in [0.3, 0.4) is 0 Å². The molecule has 0 unspecified atom stereocenters. The SMILES string of the molecule is CC[C@H]1CN(c2ncc(C(=O)NC)c3ccccc23)CCN1C1CCN(Cc2ccc(Cl)cc2F)CC1. The third kappa shape index (κ3) is 5.44. The number of amides is 1. The van der Waals surface area contributed by atoms with Crippen molar-refractivity contribution in [2.24, 2.45) is 0 Å². The summed E-state index contributed by atoms with van der Waals surface area (Å²) in [5.74, 6) is 0.624. The molecule has 3 heterocycles. The van der Waals surface area contributed by atoms with Crippen LogP contribution in [0.5, 0.6) is 0 Å². The quantitative estimate of drug-likeness (QED) is 0.495. The molecule has 3 aromatic rings. The number of carbonyl (C=O) groups excluding carboxylic acids is 1. The lowest BCUT2D eigenvalue weighted by molar-refractivity contribution is 0.0608. The number of pyridine rings is 1. The van der Waals surface area contributed by atoms with Gasteiger partial charge in [0, 0.05) is 67.5 Å². The first kappa shape index (κ1) is 25.9. The maximum Gasteiger partial charge on any atom is 0.253 e. The number of hydrogen-bond acceptors (Lipinski definition) is 5. The topological polar surface area (TPSA) is 51.7 Å². The lowest BCUT2D eigenvalue weighted by Crippen LogP contribution is -2.58. The van der Waals surface area contributed by atoms with Crippen LogP contribution in [-0.4, -0.2) is 72.5 Å². The van der Waals surface area contributed by atoms with E-state index in [1.54, 1.807) is 25.4 Å². The van der Waals surface area contributed by atoms with Crippen molar-refractivity contribution in [3.05, 3.63) is 70.6 Å². The molecule has 1 atom stereocenters. The highest BCUT2D eigenvalue weighted by Gasteiger charge is 2.34. The summed E-state index contributed by atoms with van der Waals surface area (Å²) in [4.78, 5) is 24.6. The summed E-state index contributed by atoms with van der Waals surface area (Å²) in [5, 5.41) is 5.13. The number of carbonyl (C=O) groups is 1. The Bertz CT molecular complexity index is 1260. The minimum Gasteiger partial charge on any atom is -0.355 e. The van der Waals surface area contributed by atoms with Crippen molar-refractivity contribution in [3.8, 4) is 0 Å². The maximum absolute atomic E-state index is 14.3. The van der Waals surface area contributed by atoms with Gasteiger partial charge in [0.05, 0.1) is 5.56 Å². The number of anilines is 1. The number of benzene rings is 2. The first-order valence-corrected chi connectivity index (χ1v) is 13.6. The third-order valence-electron chi connectivity index (χ3n) is 7.98. The van der Waals surface area contributed by atoms with Gasteiger partial charge in [-0.15, -0.1) is 0 Å². The monoisotopic (exact) mass is 523 g/mol. The van der Waals surface area contributed by atoms with Gasteiger partial charge in [0.1, 0.15) is 11.6 Å². The molecule has 5 rings (SSSR count). The molecular formula is C29H35ClFN5O. The van der Waals surface area contributed by atoms with Crippen molar-refractivity contribution in [2.75, 3.05) is 44.7 Å². The van der Waals surface area contributed by atoms with E-state index in [2.05, 4.69) is 33.0 Å². The fraction of sp³-hybridized carbons (Fsp3) is 0.448. The van der Waals surface area contributed by atoms with E-state index in [0.29, 0.717) is 34.8 Å². The molecule has 2 aromatic carbocycles. The molecule has 2 fully saturated rings. The van der Waals surface area contributed by atoms with Crippen molar-refractivity contribution >= 4 is 34.1 Å². The Kier molecular flexibility index (Phi) is 7.93. The van der Waals surface area contributed by atoms with Gasteiger partial charge in [-0.3, -0.25) is 14.6 Å². The largest absolute Gasteiger partial charge is 0.355 e. The summed E-state index contributed by atoms with van der Waals surface area (Å²) in [5.41, 5.74) is 1.32. The maximum atomic E-state index is 14.3. The number of piperidine rings is 1. The predicted molar refractivity (Wildman–Crippen MR) is 148 cm³/mol. The van der Waals surface area contributed by atoms with E-state index in [1.165, 1.54) is 6.07 Å². The Hall–Kier alpha value is -2.74. The second-order valence-corrected chi connectivity index (χ2v) is 10.5. The van der Waals surface area contributed by atoms with Crippen LogP contribution in [-0.2, 0) is 6.54 Å². The Balaban J connectivity index is 1.25. The molecule has 196 valence electrons. The molecule has 0 saturated carbocycles. The Morgan fingerprint density at radius 3 is 2.57 bits per heavy atom. The van der Waals surface area contributed by atoms with Crippen LogP contribution in [0.1, 0.15) is 42.1 Å². The number of halogens is 2. The van der Waals surface area contributed by atoms with Crippen LogP contribution in [0.15, 0.2) is 48.7 Å². The number of rotatable bonds is 6. The standard InChI is InChI=1S/C29H35ClFN5O/c1-3-22-19-35(28-25-7-5-4-6-24(25)26(17-33-28)29(37)32-2)14-15-36(22)23-10-12-34(13-11-23)18-20-8-9-21(30)16-27(20)31/h4-9,16-17,22-23H,3,10-15,18-19H2,1-2H3,(H,32,37)/t22-/m0/s1. The van der Waals surface area contributed by atoms with Crippen LogP contribution in [0, 0.1) is 5.82 Å². The van der Waals surface area contributed by atoms with E-state index < -0.39 is 0 Å². The van der Waals surface area contributed by atoms with E-state index >= 15 is 0 Å². The smallest absolute Gasteiger partial charge is 0.253 e. The number of piperazine rings is 1. The van der Waals surface area contributed by atoms with Crippen molar-refractivity contribution < 1.29 is 9.18 Å². The fourth-order valence-electron chi connectivity index (χ4n) is 5.95. The minimum absolute atomic E-state index is 0.114. The number of nitrogens with zero attached hydrogens (tertiary/aromatic N) is 4. The van der Waals surface area contributed by atoms with Crippen LogP contribution in [0.25, 0.3) is 10.8 Å². The zero-order valence-corrected chi connectivity index (χ0v) is 22.3. The van der Waals surface area contributed by atoms with Gasteiger partial charge in [-0.25, -0.2) is 9.37 Å². The van der Waals surface area contributed by atoms with Crippen LogP contribution in [0.2, 0.25) is 5.02 Å². The molecule has 8 heteroatoms. The highest BCUT2D eigenvalue weighted by Crippen LogP contribution is 2.31. The summed E-state index contributed by atoms with van der Waals surface area (Å²) < 4.78 is 14.3. The molecule has 37 heavy (non-hydrogen) atoms. The number of likely N-dealkylation sites (tertiary alicyclic amines) is 1. The third-order valence-corrected chi connectivity index (χ3v) is 8.22. The zero-order valence-electron chi connectivity index (χ0n) is 21.6. The van der Waals surface area contributed by atoms with Crippen LogP contribution in [0.4, 0.5) is 10.2 Å². The van der Waals surface area contributed by atoms with E-state index in [-0.39, 0.29) is 11.7 Å². The van der Waals surface area contributed by atoms with Gasteiger partial charge in [0.25, 0.3) is 5.91 Å². The van der Waals surface area contributed by atoms with Crippen LogP contribution < -0.4 is 10.2 Å². The van der Waals surface area contributed by atoms with Crippen molar-refractivity contribution in [2.45, 2.75) is 44.8 Å². The van der Waals surface area contributed by atoms with Gasteiger partial charge < -0.3 is 10.2 Å². The van der Waals surface area contributed by atoms with Crippen molar-refractivity contribution in [1.29, 1.82) is 0 Å². The first-order valence-electron chi connectivity index (χ1n) is 13.2. The highest BCUT2D eigenvalue weighted by molar-refractivity contribution is 6.30. The van der Waals surface area contributed by atoms with Gasteiger partial charge >= 0.3 is 0 Å². The molecule has 6 nitrogen and oxygen atoms in total. The predicted octanol–water partition coefficient (Wildman–Crippen LogP) is 4.95. The summed E-state index contributed by atoms with van der Waals surface area (Å²) in [7, 11) is 1.65. The Morgan fingerprint density at radius 1 is 1.11 bits per heavy atom. The molecule has 1 aromatic heterocycles. The molecule has 2 aliphatic heterocycles. The lowest BCUT2D eigenvalue weighted by atomic mass is 9.97. The number of fused-ring (bicyclic) bond motifs is 1. The van der Waals surface area contributed by atoms with Gasteiger partial charge in [-0.05, 0) is 49.9 Å². The Morgan fingerprint density at radius 2 is 1.86 bits per heavy atom. The number of nitrogens with one attached hydrogen (secondary N) is 1. The summed E-state index contributed by atoms with van der Waals surface area (Å²) in [6.07, 6.45) is 4.96. The van der Waals surface area contributed by atoms with Crippen molar-refractivity contribution in [3.63, 3.8) is 0 Å². The normalized spacial score (nSPS) is 19.9. The fourth-order valence-corrected chi connectivity index (χ4v) is 6.11. The molecule has 0 bridgehead atoms. The minimum atomic E-state index is -0.221. The Labute approximate surface area is 223 Å². The van der Waals surface area contributed by atoms with Crippen LogP contribution >= 0.6 is 11.6 Å². The van der Waals surface area contributed by atoms with E-state index in [0.717, 1.165) is 68.6 Å². The number of aromatic nitrogens is 1. The molecule has 2 saturated heterocycles. The molecule has 0 aliphatic carbocycles. The summed E-state index contributed by atoms with van der Waals surface area (Å²) >= 11 is 5.91. The first-order chi connectivity index (χ1) is 18.0. The molecule has 0 radical (unpaired) electrons. The molecule has 1 amide bonds. The number of hydrogen-bond donors (Lipinski definition) is 1. The zero-order chi connectivity index (χ0) is 25.9. The van der Waals surface area contributed by atoms with Gasteiger partial charge in [0.15, 0.2) is 0 Å². The van der Waals surface area contributed by atoms with Gasteiger partial charge in [-0.1, -0.05) is 48.9 Å². The van der Waals surface area contributed by atoms with E-state index in [9.17, 15) is 9.18 Å². The van der Waals surface area contributed by atoms with E-state index in [4.69, 9.17) is 16.6 Å². The highest BCUT2D eigenvalue weighted by atomic mass is 35.5.